The number of carbonyl (C=O) groups excluding carboxylic acids is 1. The van der Waals surface area contributed by atoms with Gasteiger partial charge in [-0.05, 0) is 103 Å². The second-order valence-corrected chi connectivity index (χ2v) is 10.5. The number of fused-ring (bicyclic) bond motifs is 1. The third kappa shape index (κ3) is 6.45. The quantitative estimate of drug-likeness (QED) is 0.145. The highest BCUT2D eigenvalue weighted by molar-refractivity contribution is 7.80. The van der Waals surface area contributed by atoms with Gasteiger partial charge >= 0.3 is 0 Å². The smallest absolute Gasteiger partial charge is 0.250 e. The van der Waals surface area contributed by atoms with Gasteiger partial charge in [-0.15, -0.1) is 0 Å². The molecule has 0 saturated carbocycles. The average Bonchev–Trinajstić information content (AvgIpc) is 3.58. The minimum absolute atomic E-state index is 0.162. The van der Waals surface area contributed by atoms with Crippen LogP contribution >= 0.6 is 35.4 Å². The van der Waals surface area contributed by atoms with Crippen LogP contribution in [-0.2, 0) is 4.79 Å². The topological polar surface area (TPSA) is 80.3 Å². The summed E-state index contributed by atoms with van der Waals surface area (Å²) in [7, 11) is 0. The van der Waals surface area contributed by atoms with Crippen LogP contribution in [0.3, 0.4) is 0 Å². The number of halogens is 2. The van der Waals surface area contributed by atoms with Crippen LogP contribution in [0.15, 0.2) is 87.7 Å². The highest BCUT2D eigenvalue weighted by Gasteiger charge is 2.12. The van der Waals surface area contributed by atoms with Crippen molar-refractivity contribution in [2.75, 3.05) is 5.32 Å². The van der Waals surface area contributed by atoms with Crippen molar-refractivity contribution in [2.24, 2.45) is 0 Å². The molecule has 5 rings (SSSR count). The molecule has 0 unspecified atom stereocenters. The Morgan fingerprint density at radius 1 is 1.02 bits per heavy atom. The van der Waals surface area contributed by atoms with Crippen molar-refractivity contribution < 1.29 is 13.6 Å². The van der Waals surface area contributed by atoms with Gasteiger partial charge < -0.3 is 14.2 Å². The molecule has 9 heteroatoms. The maximum Gasteiger partial charge on any atom is 0.250 e. The number of nitrogens with zero attached hydrogens (tertiary/aromatic N) is 1. The van der Waals surface area contributed by atoms with Gasteiger partial charge in [-0.1, -0.05) is 43.1 Å². The van der Waals surface area contributed by atoms with E-state index in [0.29, 0.717) is 44.6 Å². The van der Waals surface area contributed by atoms with E-state index in [1.165, 1.54) is 11.6 Å². The maximum absolute atomic E-state index is 12.4. The van der Waals surface area contributed by atoms with E-state index in [1.54, 1.807) is 36.4 Å². The monoisotopic (exact) mass is 589 g/mol. The molecule has 2 heterocycles. The summed E-state index contributed by atoms with van der Waals surface area (Å²) in [4.78, 5) is 17.0. The first kappa shape index (κ1) is 27.6. The van der Waals surface area contributed by atoms with Crippen LogP contribution in [0, 0.1) is 0 Å². The van der Waals surface area contributed by atoms with Crippen LogP contribution in [0.4, 0.5) is 5.69 Å². The lowest BCUT2D eigenvalue weighted by Crippen LogP contribution is -2.32. The summed E-state index contributed by atoms with van der Waals surface area (Å²) in [5.41, 5.74) is 5.09. The largest absolute Gasteiger partial charge is 0.457 e. The average molecular weight is 591 g/mol. The number of oxazole rings is 1. The molecule has 0 aliphatic rings. The van der Waals surface area contributed by atoms with E-state index in [2.05, 4.69) is 41.6 Å². The molecule has 1 amide bonds. The number of furan rings is 1. The van der Waals surface area contributed by atoms with E-state index in [0.717, 1.165) is 23.1 Å². The van der Waals surface area contributed by atoms with Crippen molar-refractivity contribution in [3.8, 4) is 22.8 Å². The minimum atomic E-state index is -0.403. The first-order valence-electron chi connectivity index (χ1n) is 12.7. The Bertz CT molecular complexity index is 1720. The van der Waals surface area contributed by atoms with Crippen molar-refractivity contribution >= 4 is 69.3 Å². The Morgan fingerprint density at radius 3 is 2.58 bits per heavy atom. The van der Waals surface area contributed by atoms with Crippen LogP contribution in [0.5, 0.6) is 0 Å². The van der Waals surface area contributed by atoms with Gasteiger partial charge in [0.1, 0.15) is 17.0 Å². The van der Waals surface area contributed by atoms with Gasteiger partial charge in [0.2, 0.25) is 11.8 Å². The van der Waals surface area contributed by atoms with E-state index in [9.17, 15) is 4.79 Å². The zero-order valence-corrected chi connectivity index (χ0v) is 24.0. The lowest BCUT2D eigenvalue weighted by atomic mass is 9.98. The molecule has 40 heavy (non-hydrogen) atoms. The normalized spacial score (nSPS) is 12.1. The lowest BCUT2D eigenvalue weighted by Gasteiger charge is -2.08. The summed E-state index contributed by atoms with van der Waals surface area (Å²) >= 11 is 17.5. The Morgan fingerprint density at radius 2 is 1.82 bits per heavy atom. The van der Waals surface area contributed by atoms with Crippen molar-refractivity contribution in [3.63, 3.8) is 0 Å². The third-order valence-corrected chi connectivity index (χ3v) is 7.19. The molecule has 5 aromatic rings. The van der Waals surface area contributed by atoms with E-state index in [-0.39, 0.29) is 5.11 Å². The summed E-state index contributed by atoms with van der Waals surface area (Å²) in [5.74, 6) is 1.66. The number of carbonyl (C=O) groups is 1. The molecular formula is C31H25Cl2N3O3S. The van der Waals surface area contributed by atoms with Crippen LogP contribution < -0.4 is 10.6 Å². The van der Waals surface area contributed by atoms with Crippen LogP contribution in [0.2, 0.25) is 10.0 Å². The molecular weight excluding hydrogens is 565 g/mol. The third-order valence-electron chi connectivity index (χ3n) is 6.44. The molecule has 0 fully saturated rings. The summed E-state index contributed by atoms with van der Waals surface area (Å²) < 4.78 is 11.7. The van der Waals surface area contributed by atoms with Gasteiger partial charge in [-0.25, -0.2) is 4.98 Å². The SMILES string of the molecule is CC[C@H](C)c1ccc2oc(-c3ccc(NC(=S)NC(=O)/C=C/c4ccc(-c5ccc(Cl)cc5Cl)o4)cc3)nc2c1. The summed E-state index contributed by atoms with van der Waals surface area (Å²) in [6.45, 7) is 4.37. The van der Waals surface area contributed by atoms with Crippen molar-refractivity contribution in [3.05, 3.63) is 100 Å². The van der Waals surface area contributed by atoms with Gasteiger partial charge in [0.05, 0.1) is 5.02 Å². The van der Waals surface area contributed by atoms with Gasteiger partial charge in [0.15, 0.2) is 10.7 Å². The highest BCUT2D eigenvalue weighted by atomic mass is 35.5. The maximum atomic E-state index is 12.4. The van der Waals surface area contributed by atoms with Crippen molar-refractivity contribution in [1.82, 2.24) is 10.3 Å². The van der Waals surface area contributed by atoms with Crippen LogP contribution in [-0.4, -0.2) is 16.0 Å². The number of benzene rings is 3. The molecule has 0 saturated heterocycles. The predicted octanol–water partition coefficient (Wildman–Crippen LogP) is 9.10. The molecule has 3 aromatic carbocycles. The fourth-order valence-corrected chi connectivity index (χ4v) is 4.78. The number of nitrogens with one attached hydrogen (secondary N) is 2. The second kappa shape index (κ2) is 12.1. The van der Waals surface area contributed by atoms with Gasteiger partial charge in [0, 0.05) is 27.9 Å². The summed E-state index contributed by atoms with van der Waals surface area (Å²) in [6.07, 6.45) is 3.95. The first-order chi connectivity index (χ1) is 19.3. The van der Waals surface area contributed by atoms with Crippen LogP contribution in [0.1, 0.15) is 37.5 Å². The molecule has 0 spiro atoms. The zero-order chi connectivity index (χ0) is 28.2. The minimum Gasteiger partial charge on any atom is -0.457 e. The zero-order valence-electron chi connectivity index (χ0n) is 21.7. The fourth-order valence-electron chi connectivity index (χ4n) is 4.06. The number of thiocarbonyl (C=S) groups is 1. The van der Waals surface area contributed by atoms with Gasteiger partial charge in [-0.2, -0.15) is 0 Å². The first-order valence-corrected chi connectivity index (χ1v) is 13.8. The van der Waals surface area contributed by atoms with E-state index in [1.807, 2.05) is 30.3 Å². The Hall–Kier alpha value is -3.91. The van der Waals surface area contributed by atoms with E-state index >= 15 is 0 Å². The molecule has 0 aliphatic heterocycles. The molecule has 0 aliphatic carbocycles. The molecule has 2 aromatic heterocycles. The lowest BCUT2D eigenvalue weighted by molar-refractivity contribution is -0.115. The molecule has 0 bridgehead atoms. The highest BCUT2D eigenvalue weighted by Crippen LogP contribution is 2.32. The summed E-state index contributed by atoms with van der Waals surface area (Å²) in [6, 6.07) is 22.3. The number of rotatable bonds is 7. The van der Waals surface area contributed by atoms with E-state index < -0.39 is 5.91 Å². The standard InChI is InChI=1S/C31H25Cl2N3O3S/c1-3-18(2)20-6-13-28-26(16-20)35-30(39-28)19-4-8-22(9-5-19)34-31(40)36-29(37)15-11-23-10-14-27(38-23)24-12-7-21(32)17-25(24)33/h4-18H,3H2,1-2H3,(H2,34,36,37,40)/b15-11+/t18-/m0/s1. The van der Waals surface area contributed by atoms with Gasteiger partial charge in [-0.3, -0.25) is 10.1 Å². The number of aromatic nitrogens is 1. The van der Waals surface area contributed by atoms with Crippen LogP contribution in [0.25, 0.3) is 40.0 Å². The Balaban J connectivity index is 1.17. The Kier molecular flexibility index (Phi) is 8.35. The number of hydrogen-bond donors (Lipinski definition) is 2. The predicted molar refractivity (Wildman–Crippen MR) is 166 cm³/mol. The summed E-state index contributed by atoms with van der Waals surface area (Å²) in [5, 5.41) is 6.80. The second-order valence-electron chi connectivity index (χ2n) is 9.24. The Labute approximate surface area is 247 Å². The van der Waals surface area contributed by atoms with Crippen molar-refractivity contribution in [2.45, 2.75) is 26.2 Å². The molecule has 6 nitrogen and oxygen atoms in total. The number of anilines is 1. The molecule has 1 atom stereocenters. The fraction of sp³-hybridized carbons (Fsp3) is 0.129. The molecule has 0 radical (unpaired) electrons. The van der Waals surface area contributed by atoms with Crippen molar-refractivity contribution in [1.29, 1.82) is 0 Å². The van der Waals surface area contributed by atoms with E-state index in [4.69, 9.17) is 44.3 Å². The molecule has 202 valence electrons. The number of amides is 1. The number of hydrogen-bond acceptors (Lipinski definition) is 5. The molecule has 2 N–H and O–H groups in total. The van der Waals surface area contributed by atoms with Gasteiger partial charge in [0.25, 0.3) is 0 Å².